The van der Waals surface area contributed by atoms with Gasteiger partial charge in [0.15, 0.2) is 0 Å². The number of nitrogens with one attached hydrogen (secondary N) is 1. The van der Waals surface area contributed by atoms with Crippen LogP contribution in [0.2, 0.25) is 0 Å². The Labute approximate surface area is 104 Å². The van der Waals surface area contributed by atoms with E-state index in [1.165, 1.54) is 27.8 Å². The van der Waals surface area contributed by atoms with Crippen molar-refractivity contribution in [3.63, 3.8) is 0 Å². The van der Waals surface area contributed by atoms with E-state index in [9.17, 15) is 0 Å². The van der Waals surface area contributed by atoms with Crippen molar-refractivity contribution in [3.8, 4) is 0 Å². The van der Waals surface area contributed by atoms with Gasteiger partial charge in [-0.05, 0) is 59.8 Å². The van der Waals surface area contributed by atoms with Crippen molar-refractivity contribution in [2.24, 2.45) is 0 Å². The third-order valence-corrected chi connectivity index (χ3v) is 4.85. The van der Waals surface area contributed by atoms with Gasteiger partial charge in [0.1, 0.15) is 0 Å². The average Bonchev–Trinajstić information content (AvgIpc) is 2.99. The highest BCUT2D eigenvalue weighted by Gasteiger charge is 2.43. The minimum atomic E-state index is 0.425. The molecule has 3 heteroatoms. The van der Waals surface area contributed by atoms with Crippen molar-refractivity contribution in [2.45, 2.75) is 23.2 Å². The quantitative estimate of drug-likeness (QED) is 0.851. The Morgan fingerprint density at radius 3 is 2.67 bits per heavy atom. The molecule has 1 fully saturated rings. The summed E-state index contributed by atoms with van der Waals surface area (Å²) in [6.45, 7) is 1.10. The molecule has 1 aliphatic carbocycles. The molecule has 0 amide bonds. The highest BCUT2D eigenvalue weighted by molar-refractivity contribution is 9.10. The molecule has 1 aliphatic rings. The van der Waals surface area contributed by atoms with Gasteiger partial charge < -0.3 is 5.32 Å². The first-order chi connectivity index (χ1) is 7.22. The van der Waals surface area contributed by atoms with E-state index < -0.39 is 0 Å². The van der Waals surface area contributed by atoms with E-state index in [0.717, 1.165) is 6.54 Å². The molecule has 0 aromatic heterocycles. The molecule has 0 heterocycles. The number of hydrogen-bond acceptors (Lipinski definition) is 2. The molecule has 0 aliphatic heterocycles. The summed E-state index contributed by atoms with van der Waals surface area (Å²) in [5.74, 6) is 0. The van der Waals surface area contributed by atoms with Crippen LogP contribution in [0.15, 0.2) is 27.6 Å². The van der Waals surface area contributed by atoms with Crippen LogP contribution in [0.5, 0.6) is 0 Å². The fourth-order valence-electron chi connectivity index (χ4n) is 2.05. The Morgan fingerprint density at radius 2 is 2.20 bits per heavy atom. The zero-order valence-corrected chi connectivity index (χ0v) is 11.5. The lowest BCUT2D eigenvalue weighted by molar-refractivity contribution is 0.623. The molecule has 0 atom stereocenters. The van der Waals surface area contributed by atoms with Crippen LogP contribution in [0.25, 0.3) is 0 Å². The second-order valence-electron chi connectivity index (χ2n) is 4.16. The fourth-order valence-corrected chi connectivity index (χ4v) is 3.38. The summed E-state index contributed by atoms with van der Waals surface area (Å²) in [5, 5.41) is 3.30. The van der Waals surface area contributed by atoms with Crippen molar-refractivity contribution < 1.29 is 0 Å². The summed E-state index contributed by atoms with van der Waals surface area (Å²) in [6.07, 6.45) is 4.75. The lowest BCUT2D eigenvalue weighted by Crippen LogP contribution is -2.23. The highest BCUT2D eigenvalue weighted by Crippen LogP contribution is 2.48. The third kappa shape index (κ3) is 2.24. The van der Waals surface area contributed by atoms with Crippen LogP contribution in [0.1, 0.15) is 18.4 Å². The Morgan fingerprint density at radius 1 is 1.47 bits per heavy atom. The van der Waals surface area contributed by atoms with Gasteiger partial charge in [-0.15, -0.1) is 11.8 Å². The largest absolute Gasteiger partial charge is 0.319 e. The maximum absolute atomic E-state index is 3.64. The van der Waals surface area contributed by atoms with Gasteiger partial charge in [0.05, 0.1) is 0 Å². The molecular formula is C12H16BrNS. The van der Waals surface area contributed by atoms with E-state index in [-0.39, 0.29) is 0 Å². The first kappa shape index (κ1) is 11.5. The standard InChI is InChI=1S/C12H16BrNS/c1-14-8-12(5-6-12)9-3-4-11(15-2)10(13)7-9/h3-4,7,14H,5-6,8H2,1-2H3. The van der Waals surface area contributed by atoms with Crippen LogP contribution in [-0.2, 0) is 5.41 Å². The van der Waals surface area contributed by atoms with Crippen LogP contribution in [-0.4, -0.2) is 19.8 Å². The summed E-state index contributed by atoms with van der Waals surface area (Å²) in [5.41, 5.74) is 1.90. The predicted molar refractivity (Wildman–Crippen MR) is 70.8 cm³/mol. The molecule has 1 aromatic rings. The first-order valence-corrected chi connectivity index (χ1v) is 7.22. The van der Waals surface area contributed by atoms with E-state index in [1.807, 2.05) is 7.05 Å². The molecule has 1 nitrogen and oxygen atoms in total. The highest BCUT2D eigenvalue weighted by atomic mass is 79.9. The van der Waals surface area contributed by atoms with Gasteiger partial charge in [-0.2, -0.15) is 0 Å². The molecule has 82 valence electrons. The topological polar surface area (TPSA) is 12.0 Å². The second-order valence-corrected chi connectivity index (χ2v) is 5.86. The molecule has 0 radical (unpaired) electrons. The van der Waals surface area contributed by atoms with Crippen molar-refractivity contribution in [1.29, 1.82) is 0 Å². The Balaban J connectivity index is 2.26. The lowest BCUT2D eigenvalue weighted by atomic mass is 9.96. The molecule has 2 rings (SSSR count). The minimum Gasteiger partial charge on any atom is -0.319 e. The lowest BCUT2D eigenvalue weighted by Gasteiger charge is -2.16. The number of hydrogen-bond donors (Lipinski definition) is 1. The van der Waals surface area contributed by atoms with Crippen LogP contribution in [0.3, 0.4) is 0 Å². The summed E-state index contributed by atoms with van der Waals surface area (Å²) in [6, 6.07) is 6.79. The first-order valence-electron chi connectivity index (χ1n) is 5.20. The van der Waals surface area contributed by atoms with Gasteiger partial charge >= 0.3 is 0 Å². The summed E-state index contributed by atoms with van der Waals surface area (Å²) < 4.78 is 1.23. The van der Waals surface area contributed by atoms with Crippen LogP contribution >= 0.6 is 27.7 Å². The number of thioether (sulfide) groups is 1. The molecule has 1 aromatic carbocycles. The molecule has 0 unspecified atom stereocenters. The Hall–Kier alpha value is 0.01000. The van der Waals surface area contributed by atoms with Gasteiger partial charge in [0.2, 0.25) is 0 Å². The molecule has 0 spiro atoms. The maximum Gasteiger partial charge on any atom is 0.0314 e. The van der Waals surface area contributed by atoms with E-state index in [2.05, 4.69) is 45.7 Å². The average molecular weight is 286 g/mol. The van der Waals surface area contributed by atoms with E-state index in [0.29, 0.717) is 5.41 Å². The number of halogens is 1. The summed E-state index contributed by atoms with van der Waals surface area (Å²) in [4.78, 5) is 1.32. The van der Waals surface area contributed by atoms with E-state index in [1.54, 1.807) is 11.8 Å². The number of likely N-dealkylation sites (N-methyl/N-ethyl adjacent to an activating group) is 1. The molecular weight excluding hydrogens is 270 g/mol. The Bertz CT molecular complexity index is 361. The number of benzene rings is 1. The van der Waals surface area contributed by atoms with Crippen molar-refractivity contribution in [1.82, 2.24) is 5.32 Å². The molecule has 0 saturated heterocycles. The molecule has 1 N–H and O–H groups in total. The monoisotopic (exact) mass is 285 g/mol. The van der Waals surface area contributed by atoms with Crippen molar-refractivity contribution >= 4 is 27.7 Å². The van der Waals surface area contributed by atoms with E-state index in [4.69, 9.17) is 0 Å². The minimum absolute atomic E-state index is 0.425. The molecule has 0 bridgehead atoms. The molecule has 15 heavy (non-hydrogen) atoms. The summed E-state index contributed by atoms with van der Waals surface area (Å²) in [7, 11) is 2.03. The summed E-state index contributed by atoms with van der Waals surface area (Å²) >= 11 is 5.42. The Kier molecular flexibility index (Phi) is 3.43. The zero-order valence-electron chi connectivity index (χ0n) is 9.14. The zero-order chi connectivity index (χ0) is 10.9. The van der Waals surface area contributed by atoms with Gasteiger partial charge in [-0.25, -0.2) is 0 Å². The van der Waals surface area contributed by atoms with E-state index >= 15 is 0 Å². The molecule has 1 saturated carbocycles. The van der Waals surface area contributed by atoms with Gasteiger partial charge in [-0.3, -0.25) is 0 Å². The van der Waals surface area contributed by atoms with Gasteiger partial charge in [0.25, 0.3) is 0 Å². The smallest absolute Gasteiger partial charge is 0.0314 e. The van der Waals surface area contributed by atoms with Gasteiger partial charge in [0, 0.05) is 21.3 Å². The predicted octanol–water partition coefficient (Wildman–Crippen LogP) is 3.42. The van der Waals surface area contributed by atoms with Crippen LogP contribution < -0.4 is 5.32 Å². The normalized spacial score (nSPS) is 17.8. The van der Waals surface area contributed by atoms with Crippen LogP contribution in [0.4, 0.5) is 0 Å². The fraction of sp³-hybridized carbons (Fsp3) is 0.500. The van der Waals surface area contributed by atoms with Gasteiger partial charge in [-0.1, -0.05) is 6.07 Å². The number of rotatable bonds is 4. The van der Waals surface area contributed by atoms with Crippen LogP contribution in [0, 0.1) is 0 Å². The maximum atomic E-state index is 3.64. The SMILES string of the molecule is CNCC1(c2ccc(SC)c(Br)c2)CC1. The second kappa shape index (κ2) is 4.48. The van der Waals surface area contributed by atoms with Crippen molar-refractivity contribution in [2.75, 3.05) is 19.8 Å². The van der Waals surface area contributed by atoms with Crippen molar-refractivity contribution in [3.05, 3.63) is 28.2 Å². The third-order valence-electron chi connectivity index (χ3n) is 3.13.